The lowest BCUT2D eigenvalue weighted by Crippen LogP contribution is -2.49. The van der Waals surface area contributed by atoms with Crippen LogP contribution in [-0.2, 0) is 18.3 Å². The van der Waals surface area contributed by atoms with Crippen molar-refractivity contribution in [2.45, 2.75) is 97.2 Å². The number of hydrogen-bond donors (Lipinski definition) is 0. The highest BCUT2D eigenvalue weighted by Gasteiger charge is 2.45. The minimum absolute atomic E-state index is 0.0595. The highest BCUT2D eigenvalue weighted by atomic mass is 35.5. The minimum Gasteiger partial charge on any atom is -0.488 e. The fourth-order valence-electron chi connectivity index (χ4n) is 8.10. The van der Waals surface area contributed by atoms with Gasteiger partial charge >= 0.3 is 0 Å². The third kappa shape index (κ3) is 7.41. The number of hydrogen-bond acceptors (Lipinski definition) is 1. The predicted octanol–water partition coefficient (Wildman–Crippen LogP) is 13.5. The predicted molar refractivity (Wildman–Crippen MR) is 225 cm³/mol. The molecule has 1 aliphatic rings. The van der Waals surface area contributed by atoms with Gasteiger partial charge < -0.3 is 4.74 Å². The molecule has 3 heteroatoms. The summed E-state index contributed by atoms with van der Waals surface area (Å²) in [6.45, 7) is 20.8. The van der Waals surface area contributed by atoms with Crippen molar-refractivity contribution in [3.05, 3.63) is 143 Å². The summed E-state index contributed by atoms with van der Waals surface area (Å²) < 4.78 is 6.48. The number of fused-ring (bicyclic) bond motifs is 3. The van der Waals surface area contributed by atoms with Crippen LogP contribution in [0.4, 0.5) is 0 Å². The molecule has 0 saturated heterocycles. The van der Waals surface area contributed by atoms with Crippen molar-refractivity contribution >= 4 is 24.9 Å². The molecule has 0 spiro atoms. The van der Waals surface area contributed by atoms with E-state index in [1.807, 2.05) is 6.08 Å². The van der Waals surface area contributed by atoms with Crippen LogP contribution in [0.25, 0.3) is 33.4 Å². The van der Waals surface area contributed by atoms with Crippen molar-refractivity contribution in [3.63, 3.8) is 0 Å². The number of benzene rings is 5. The number of ether oxygens (including phenoxy) is 1. The van der Waals surface area contributed by atoms with Gasteiger partial charge in [0.25, 0.3) is 0 Å². The van der Waals surface area contributed by atoms with E-state index in [1.54, 1.807) is 0 Å². The molecule has 0 fully saturated rings. The van der Waals surface area contributed by atoms with Gasteiger partial charge in [-0.05, 0) is 104 Å². The van der Waals surface area contributed by atoms with Gasteiger partial charge in [-0.15, -0.1) is 0 Å². The second-order valence-corrected chi connectivity index (χ2v) is 20.9. The van der Waals surface area contributed by atoms with Crippen LogP contribution in [0, 0.1) is 0 Å². The number of unbranched alkanes of at least 4 members (excludes halogenated alkanes) is 2. The first-order valence-electron chi connectivity index (χ1n) is 19.0. The van der Waals surface area contributed by atoms with E-state index < -0.39 is 8.07 Å². The van der Waals surface area contributed by atoms with Crippen LogP contribution in [0.1, 0.15) is 93.7 Å². The highest BCUT2D eigenvalue weighted by molar-refractivity contribution is 6.92. The average molecular weight is 712 g/mol. The van der Waals surface area contributed by atoms with E-state index in [-0.39, 0.29) is 11.0 Å². The molecule has 264 valence electrons. The molecule has 0 aromatic heterocycles. The Morgan fingerprint density at radius 3 is 1.69 bits per heavy atom. The monoisotopic (exact) mass is 710 g/mol. The van der Waals surface area contributed by atoms with Crippen LogP contribution in [-0.4, -0.2) is 14.7 Å². The van der Waals surface area contributed by atoms with Crippen molar-refractivity contribution in [2.75, 3.05) is 6.61 Å². The lowest BCUT2D eigenvalue weighted by Gasteiger charge is -2.35. The van der Waals surface area contributed by atoms with Gasteiger partial charge in [0, 0.05) is 5.54 Å². The Bertz CT molecular complexity index is 1930. The van der Waals surface area contributed by atoms with Crippen LogP contribution in [0.15, 0.2) is 110 Å². The molecule has 0 saturated carbocycles. The van der Waals surface area contributed by atoms with Gasteiger partial charge in [0.15, 0.2) is 0 Å². The molecule has 6 rings (SSSR count). The SMILES string of the molecule is C=CCOc1c(Cl)cc(C(C)(C)C)cc1[Si](C)(C)C1c2cc(-c3ccccc3CCCC)ccc2-c2ccc(-c3ccccc3CCCC)cc21. The van der Waals surface area contributed by atoms with Crippen LogP contribution in [0.2, 0.25) is 18.1 Å². The van der Waals surface area contributed by atoms with Crippen molar-refractivity contribution in [3.8, 4) is 39.1 Å². The van der Waals surface area contributed by atoms with Gasteiger partial charge in [0.1, 0.15) is 12.4 Å². The molecule has 0 atom stereocenters. The molecule has 5 aromatic rings. The lowest BCUT2D eigenvalue weighted by atomic mass is 9.87. The van der Waals surface area contributed by atoms with Gasteiger partial charge in [-0.2, -0.15) is 0 Å². The van der Waals surface area contributed by atoms with E-state index >= 15 is 0 Å². The molecule has 51 heavy (non-hydrogen) atoms. The number of rotatable bonds is 13. The van der Waals surface area contributed by atoms with Gasteiger partial charge in [-0.25, -0.2) is 0 Å². The van der Waals surface area contributed by atoms with Gasteiger partial charge in [0.05, 0.1) is 13.1 Å². The normalized spacial score (nSPS) is 12.9. The molecule has 1 nitrogen and oxygen atoms in total. The molecular weight excluding hydrogens is 656 g/mol. The van der Waals surface area contributed by atoms with E-state index in [0.717, 1.165) is 18.6 Å². The zero-order valence-corrected chi connectivity index (χ0v) is 33.6. The number of aryl methyl sites for hydroxylation is 2. The third-order valence-corrected chi connectivity index (χ3v) is 15.0. The molecular formula is C48H55ClOSi. The topological polar surface area (TPSA) is 9.23 Å². The summed E-state index contributed by atoms with van der Waals surface area (Å²) in [5.74, 6) is 0.818. The zero-order chi connectivity index (χ0) is 36.3. The summed E-state index contributed by atoms with van der Waals surface area (Å²) >= 11 is 7.18. The molecule has 0 unspecified atom stereocenters. The molecule has 0 aliphatic heterocycles. The van der Waals surface area contributed by atoms with Gasteiger partial charge in [-0.3, -0.25) is 0 Å². The smallest absolute Gasteiger partial charge is 0.137 e. The maximum atomic E-state index is 7.18. The van der Waals surface area contributed by atoms with Crippen molar-refractivity contribution < 1.29 is 4.74 Å². The first-order chi connectivity index (χ1) is 24.5. The summed E-state index contributed by atoms with van der Waals surface area (Å²) in [7, 11) is -2.45. The quantitative estimate of drug-likeness (QED) is 0.0873. The maximum Gasteiger partial charge on any atom is 0.137 e. The van der Waals surface area contributed by atoms with E-state index in [2.05, 4.69) is 151 Å². The van der Waals surface area contributed by atoms with Crippen LogP contribution in [0.5, 0.6) is 5.75 Å². The van der Waals surface area contributed by atoms with Crippen molar-refractivity contribution in [1.29, 1.82) is 0 Å². The Balaban J connectivity index is 1.60. The Labute approximate surface area is 313 Å². The standard InChI is InChI=1S/C48H55ClOSi/c1-9-12-18-33-20-14-16-22-38(33)35-24-26-40-41-27-25-36(39-23-17-15-21-34(39)19-13-10-2)30-43(41)47(42(40)29-35)51(7,8)45-32-37(48(4,5)6)31-44(49)46(45)50-28-11-3/h11,14-17,20-27,29-32,47H,3,9-10,12-13,18-19,28H2,1-2,4-8H3. The molecule has 5 aromatic carbocycles. The molecule has 0 radical (unpaired) electrons. The molecule has 0 N–H and O–H groups in total. The highest BCUT2D eigenvalue weighted by Crippen LogP contribution is 2.52. The fourth-order valence-corrected chi connectivity index (χ4v) is 12.1. The van der Waals surface area contributed by atoms with Gasteiger partial charge in [-0.1, -0.05) is 176 Å². The van der Waals surface area contributed by atoms with E-state index in [9.17, 15) is 0 Å². The summed E-state index contributed by atoms with van der Waals surface area (Å²) in [6.07, 6.45) is 8.76. The Morgan fingerprint density at radius 2 is 1.22 bits per heavy atom. The third-order valence-electron chi connectivity index (χ3n) is 10.9. The summed E-state index contributed by atoms with van der Waals surface area (Å²) in [5, 5.41) is 1.96. The molecule has 0 amide bonds. The van der Waals surface area contributed by atoms with Gasteiger partial charge in [0.2, 0.25) is 0 Å². The Kier molecular flexibility index (Phi) is 11.2. The zero-order valence-electron chi connectivity index (χ0n) is 31.8. The largest absolute Gasteiger partial charge is 0.488 e. The van der Waals surface area contributed by atoms with Crippen molar-refractivity contribution in [2.24, 2.45) is 0 Å². The Morgan fingerprint density at radius 1 is 0.706 bits per heavy atom. The van der Waals surface area contributed by atoms with Crippen molar-refractivity contribution in [1.82, 2.24) is 0 Å². The minimum atomic E-state index is -2.45. The molecule has 0 bridgehead atoms. The second kappa shape index (κ2) is 15.4. The summed E-state index contributed by atoms with van der Waals surface area (Å²) in [6, 6.07) is 37.1. The maximum absolute atomic E-state index is 7.18. The van der Waals surface area contributed by atoms with E-state index in [1.165, 1.54) is 92.1 Å². The van der Waals surface area contributed by atoms with Crippen LogP contribution in [0.3, 0.4) is 0 Å². The fraction of sp³-hybridized carbons (Fsp3) is 0.333. The van der Waals surface area contributed by atoms with E-state index in [0.29, 0.717) is 11.6 Å². The number of halogens is 1. The second-order valence-electron chi connectivity index (χ2n) is 16.0. The van der Waals surface area contributed by atoms with Crippen LogP contribution >= 0.6 is 11.6 Å². The van der Waals surface area contributed by atoms with E-state index in [4.69, 9.17) is 16.3 Å². The molecule has 0 heterocycles. The lowest BCUT2D eigenvalue weighted by molar-refractivity contribution is 0.366. The molecule has 1 aliphatic carbocycles. The summed E-state index contributed by atoms with van der Waals surface area (Å²) in [5.41, 5.74) is 15.1. The average Bonchev–Trinajstić information content (AvgIpc) is 3.45. The first-order valence-corrected chi connectivity index (χ1v) is 22.5. The first kappa shape index (κ1) is 36.9. The van der Waals surface area contributed by atoms with Crippen LogP contribution < -0.4 is 9.92 Å². The summed E-state index contributed by atoms with van der Waals surface area (Å²) in [4.78, 5) is 0. The Hall–Kier alpha value is -3.85.